The van der Waals surface area contributed by atoms with Crippen LogP contribution in [-0.4, -0.2) is 63.1 Å². The van der Waals surface area contributed by atoms with Gasteiger partial charge in [-0.2, -0.15) is 0 Å². The molecule has 11 nitrogen and oxygen atoms in total. The number of benzene rings is 2. The van der Waals surface area contributed by atoms with Crippen LogP contribution in [0.5, 0.6) is 23.0 Å². The molecule has 2 unspecified atom stereocenters. The Kier molecular flexibility index (Phi) is 10.8. The Morgan fingerprint density at radius 1 is 1.02 bits per heavy atom. The summed E-state index contributed by atoms with van der Waals surface area (Å²) < 4.78 is 5.23. The Bertz CT molecular complexity index is 1480. The molecule has 0 fully saturated rings. The molecule has 1 heterocycles. The average Bonchev–Trinajstić information content (AvgIpc) is 2.99. The van der Waals surface area contributed by atoms with E-state index in [2.05, 4.69) is 29.5 Å². The van der Waals surface area contributed by atoms with E-state index < -0.39 is 34.6 Å². The molecule has 2 aromatic carbocycles. The SMILES string of the molecule is CCC(C)CCC(C)N(C)C(=N)c1c(C)c(O)c(C(=O)Nc2ccc(OC)cc2C(=O)Nc2ccc(Cl)cn2)c(O)c1O. The largest absolute Gasteiger partial charge is 0.507 e. The summed E-state index contributed by atoms with van der Waals surface area (Å²) in [6.45, 7) is 7.68. The van der Waals surface area contributed by atoms with E-state index in [4.69, 9.17) is 21.7 Å². The van der Waals surface area contributed by atoms with Crippen molar-refractivity contribution in [1.29, 1.82) is 5.41 Å². The zero-order valence-corrected chi connectivity index (χ0v) is 25.8. The summed E-state index contributed by atoms with van der Waals surface area (Å²) in [5, 5.41) is 47.1. The first-order valence-corrected chi connectivity index (χ1v) is 14.2. The number of aromatic hydroxyl groups is 3. The van der Waals surface area contributed by atoms with Gasteiger partial charge in [0.2, 0.25) is 0 Å². The van der Waals surface area contributed by atoms with Crippen LogP contribution in [0.2, 0.25) is 5.02 Å². The number of hydrogen-bond donors (Lipinski definition) is 6. The van der Waals surface area contributed by atoms with Crippen LogP contribution in [0.3, 0.4) is 0 Å². The van der Waals surface area contributed by atoms with Gasteiger partial charge in [-0.15, -0.1) is 0 Å². The third kappa shape index (κ3) is 7.47. The van der Waals surface area contributed by atoms with Gasteiger partial charge < -0.3 is 35.6 Å². The Morgan fingerprint density at radius 2 is 1.70 bits per heavy atom. The van der Waals surface area contributed by atoms with Crippen molar-refractivity contribution in [2.45, 2.75) is 53.0 Å². The molecule has 3 rings (SSSR count). The molecule has 1 aromatic heterocycles. The highest BCUT2D eigenvalue weighted by atomic mass is 35.5. The summed E-state index contributed by atoms with van der Waals surface area (Å²) >= 11 is 5.87. The van der Waals surface area contributed by atoms with Gasteiger partial charge >= 0.3 is 0 Å². The van der Waals surface area contributed by atoms with Gasteiger partial charge in [-0.3, -0.25) is 15.0 Å². The smallest absolute Gasteiger partial charge is 0.263 e. The van der Waals surface area contributed by atoms with E-state index in [9.17, 15) is 24.9 Å². The van der Waals surface area contributed by atoms with Crippen LogP contribution >= 0.6 is 11.6 Å². The van der Waals surface area contributed by atoms with E-state index >= 15 is 0 Å². The number of hydrogen-bond acceptors (Lipinski definition) is 8. The van der Waals surface area contributed by atoms with Crippen molar-refractivity contribution in [2.24, 2.45) is 5.92 Å². The lowest BCUT2D eigenvalue weighted by atomic mass is 9.96. The fraction of sp³-hybridized carbons (Fsp3) is 0.355. The number of phenols is 3. The van der Waals surface area contributed by atoms with Gasteiger partial charge in [0.15, 0.2) is 11.5 Å². The van der Waals surface area contributed by atoms with Crippen molar-refractivity contribution < 1.29 is 29.6 Å². The fourth-order valence-electron chi connectivity index (χ4n) is 4.42. The molecule has 0 aliphatic rings. The van der Waals surface area contributed by atoms with Crippen molar-refractivity contribution in [3.8, 4) is 23.0 Å². The number of pyridine rings is 1. The molecule has 0 bridgehead atoms. The molecule has 12 heteroatoms. The number of phenolic OH excluding ortho intramolecular Hbond substituents is 3. The van der Waals surface area contributed by atoms with Crippen LogP contribution in [0.4, 0.5) is 11.5 Å². The summed E-state index contributed by atoms with van der Waals surface area (Å²) in [4.78, 5) is 32.2. The van der Waals surface area contributed by atoms with E-state index in [1.54, 1.807) is 18.0 Å². The van der Waals surface area contributed by atoms with E-state index in [-0.39, 0.29) is 40.1 Å². The number of ether oxygens (including phenoxy) is 1. The standard InChI is InChI=1S/C31H38ClN5O6/c1-7-16(2)8-9-17(3)37(5)29(33)24-18(4)26(38)25(28(40)27(24)39)31(42)35-22-12-11-20(43-6)14-21(22)30(41)36-23-13-10-19(32)15-34-23/h10-17,33,38-40H,7-9H2,1-6H3,(H,35,42)(H,34,36,41). The normalized spacial score (nSPS) is 12.3. The maximum absolute atomic E-state index is 13.4. The van der Waals surface area contributed by atoms with Crippen molar-refractivity contribution >= 4 is 40.8 Å². The van der Waals surface area contributed by atoms with Crippen molar-refractivity contribution in [3.05, 3.63) is 63.8 Å². The molecule has 0 radical (unpaired) electrons. The Hall–Kier alpha value is -4.51. The third-order valence-electron chi connectivity index (χ3n) is 7.61. The number of aromatic nitrogens is 1. The lowest BCUT2D eigenvalue weighted by molar-refractivity contribution is 0.102. The summed E-state index contributed by atoms with van der Waals surface area (Å²) in [5.74, 6) is -2.90. The van der Waals surface area contributed by atoms with Crippen LogP contribution in [-0.2, 0) is 0 Å². The molecular weight excluding hydrogens is 574 g/mol. The monoisotopic (exact) mass is 611 g/mol. The van der Waals surface area contributed by atoms with E-state index in [0.29, 0.717) is 16.7 Å². The summed E-state index contributed by atoms with van der Waals surface area (Å²) in [5.41, 5.74) is -0.645. The highest BCUT2D eigenvalue weighted by Gasteiger charge is 2.30. The van der Waals surface area contributed by atoms with E-state index in [1.807, 2.05) is 6.92 Å². The number of nitrogens with one attached hydrogen (secondary N) is 3. The molecule has 0 saturated heterocycles. The van der Waals surface area contributed by atoms with Crippen LogP contribution < -0.4 is 15.4 Å². The minimum atomic E-state index is -0.995. The van der Waals surface area contributed by atoms with Gasteiger partial charge in [0.25, 0.3) is 11.8 Å². The predicted molar refractivity (Wildman–Crippen MR) is 167 cm³/mol. The molecule has 0 aliphatic heterocycles. The Morgan fingerprint density at radius 3 is 2.30 bits per heavy atom. The van der Waals surface area contributed by atoms with Gasteiger partial charge in [0, 0.05) is 24.8 Å². The molecule has 0 aliphatic carbocycles. The molecule has 2 amide bonds. The van der Waals surface area contributed by atoms with Crippen molar-refractivity contribution in [1.82, 2.24) is 9.88 Å². The highest BCUT2D eigenvalue weighted by molar-refractivity contribution is 6.30. The number of nitrogens with zero attached hydrogens (tertiary/aromatic N) is 2. The number of carbonyl (C=O) groups excluding carboxylic acids is 2. The Labute approximate surface area is 256 Å². The zero-order valence-electron chi connectivity index (χ0n) is 25.1. The maximum Gasteiger partial charge on any atom is 0.263 e. The molecule has 3 aromatic rings. The first-order chi connectivity index (χ1) is 20.3. The maximum atomic E-state index is 13.4. The second-order valence-corrected chi connectivity index (χ2v) is 10.9. The van der Waals surface area contributed by atoms with Crippen LogP contribution in [0.1, 0.15) is 71.9 Å². The summed E-state index contributed by atoms with van der Waals surface area (Å²) in [7, 11) is 3.12. The number of carbonyl (C=O) groups is 2. The predicted octanol–water partition coefficient (Wildman–Crippen LogP) is 6.15. The van der Waals surface area contributed by atoms with Gasteiger partial charge in [-0.25, -0.2) is 4.98 Å². The third-order valence-corrected chi connectivity index (χ3v) is 7.83. The summed E-state index contributed by atoms with van der Waals surface area (Å²) in [6, 6.07) is 7.32. The minimum absolute atomic E-state index is 0.00391. The zero-order chi connectivity index (χ0) is 32.0. The Balaban J connectivity index is 1.93. The van der Waals surface area contributed by atoms with Gasteiger partial charge in [0.05, 0.1) is 28.9 Å². The number of amides is 2. The van der Waals surface area contributed by atoms with Gasteiger partial charge in [-0.1, -0.05) is 31.9 Å². The van der Waals surface area contributed by atoms with E-state index in [1.165, 1.54) is 44.5 Å². The lowest BCUT2D eigenvalue weighted by Gasteiger charge is -2.29. The number of halogens is 1. The highest BCUT2D eigenvalue weighted by Crippen LogP contribution is 2.43. The second-order valence-electron chi connectivity index (χ2n) is 10.5. The number of anilines is 2. The number of rotatable bonds is 11. The van der Waals surface area contributed by atoms with Crippen LogP contribution in [0.15, 0.2) is 36.5 Å². The van der Waals surface area contributed by atoms with Gasteiger partial charge in [0.1, 0.15) is 28.7 Å². The molecular formula is C31H38ClN5O6. The molecule has 0 spiro atoms. The van der Waals surface area contributed by atoms with Crippen LogP contribution in [0.25, 0.3) is 0 Å². The number of amidine groups is 1. The first-order valence-electron chi connectivity index (χ1n) is 13.8. The van der Waals surface area contributed by atoms with Crippen LogP contribution in [0, 0.1) is 18.3 Å². The van der Waals surface area contributed by atoms with E-state index in [0.717, 1.165) is 19.3 Å². The quantitative estimate of drug-likeness (QED) is 0.0650. The second kappa shape index (κ2) is 14.1. The number of methoxy groups -OCH3 is 1. The average molecular weight is 612 g/mol. The van der Waals surface area contributed by atoms with Gasteiger partial charge in [-0.05, 0) is 62.9 Å². The summed E-state index contributed by atoms with van der Waals surface area (Å²) in [6.07, 6.45) is 4.16. The molecule has 43 heavy (non-hydrogen) atoms. The van der Waals surface area contributed by atoms with Crippen molar-refractivity contribution in [2.75, 3.05) is 24.8 Å². The molecule has 230 valence electrons. The van der Waals surface area contributed by atoms with Crippen molar-refractivity contribution in [3.63, 3.8) is 0 Å². The molecule has 6 N–H and O–H groups in total. The molecule has 0 saturated carbocycles. The topological polar surface area (TPSA) is 168 Å². The lowest BCUT2D eigenvalue weighted by Crippen LogP contribution is -2.36. The fourth-order valence-corrected chi connectivity index (χ4v) is 4.53. The molecule has 2 atom stereocenters. The first kappa shape index (κ1) is 33.0. The minimum Gasteiger partial charge on any atom is -0.507 e.